The van der Waals surface area contributed by atoms with E-state index in [1.165, 1.54) is 22.9 Å². The van der Waals surface area contributed by atoms with Crippen LogP contribution in [0.4, 0.5) is 9.80 Å². The van der Waals surface area contributed by atoms with Crippen molar-refractivity contribution in [3.63, 3.8) is 0 Å². The molecule has 1 amide bonds. The lowest BCUT2D eigenvalue weighted by Crippen LogP contribution is -2.39. The summed E-state index contributed by atoms with van der Waals surface area (Å²) in [6, 6.07) is 0. The summed E-state index contributed by atoms with van der Waals surface area (Å²) >= 11 is 6.15. The molecule has 6 nitrogen and oxygen atoms in total. The highest BCUT2D eigenvalue weighted by atomic mass is 32.1. The normalized spacial score (nSPS) is 14.3. The smallest absolute Gasteiger partial charge is 0.410 e. The summed E-state index contributed by atoms with van der Waals surface area (Å²) < 4.78 is 10.6. The lowest BCUT2D eigenvalue weighted by Gasteiger charge is -2.30. The quantitative estimate of drug-likeness (QED) is 0.448. The second-order valence-electron chi connectivity index (χ2n) is 6.47. The third-order valence-electron chi connectivity index (χ3n) is 3.42. The van der Waals surface area contributed by atoms with Crippen LogP contribution in [0.5, 0.6) is 0 Å². The summed E-state index contributed by atoms with van der Waals surface area (Å²) in [7, 11) is 0. The molecule has 136 valence electrons. The Hall–Kier alpha value is -1.80. The number of amides is 1. The number of nitrogens with zero attached hydrogens (tertiary/aromatic N) is 2. The molecule has 0 bridgehead atoms. The summed E-state index contributed by atoms with van der Waals surface area (Å²) in [5.41, 5.74) is 0.844. The predicted molar refractivity (Wildman–Crippen MR) is 102 cm³/mol. The Labute approximate surface area is 156 Å². The van der Waals surface area contributed by atoms with Crippen LogP contribution >= 0.6 is 23.6 Å². The molecular formula is C17H22N2O4S2. The van der Waals surface area contributed by atoms with Gasteiger partial charge in [0.15, 0.2) is 0 Å². The zero-order valence-electron chi connectivity index (χ0n) is 14.8. The summed E-state index contributed by atoms with van der Waals surface area (Å²) in [6.07, 6.45) is 1.68. The van der Waals surface area contributed by atoms with Gasteiger partial charge in [-0.2, -0.15) is 0 Å². The number of thiocarbonyl (C=S) groups is 1. The fraction of sp³-hybridized carbons (Fsp3) is 0.529. The van der Waals surface area contributed by atoms with E-state index in [0.717, 1.165) is 10.4 Å². The van der Waals surface area contributed by atoms with Gasteiger partial charge < -0.3 is 14.4 Å². The highest BCUT2D eigenvalue weighted by molar-refractivity contribution is 7.80. The van der Waals surface area contributed by atoms with Gasteiger partial charge in [-0.15, -0.1) is 11.3 Å². The Morgan fingerprint density at radius 3 is 2.72 bits per heavy atom. The average molecular weight is 383 g/mol. The van der Waals surface area contributed by atoms with E-state index in [0.29, 0.717) is 36.7 Å². The molecule has 1 aromatic heterocycles. The molecule has 2 rings (SSSR count). The maximum Gasteiger partial charge on any atom is 0.410 e. The molecule has 0 saturated heterocycles. The first-order chi connectivity index (χ1) is 11.8. The van der Waals surface area contributed by atoms with Crippen LogP contribution in [-0.2, 0) is 22.4 Å². The number of esters is 1. The molecule has 0 spiro atoms. The maximum atomic E-state index is 12.3. The van der Waals surface area contributed by atoms with Crippen molar-refractivity contribution in [3.05, 3.63) is 16.0 Å². The molecule has 8 heteroatoms. The topological polar surface area (TPSA) is 68.2 Å². The van der Waals surface area contributed by atoms with E-state index in [2.05, 4.69) is 4.99 Å². The molecule has 1 aliphatic heterocycles. The van der Waals surface area contributed by atoms with E-state index in [4.69, 9.17) is 21.7 Å². The number of ether oxygens (including phenoxy) is 2. The van der Waals surface area contributed by atoms with Gasteiger partial charge in [0.1, 0.15) is 10.6 Å². The molecule has 2 heterocycles. The Morgan fingerprint density at radius 1 is 1.40 bits per heavy atom. The van der Waals surface area contributed by atoms with Crippen molar-refractivity contribution >= 4 is 52.2 Å². The van der Waals surface area contributed by atoms with Crippen LogP contribution < -0.4 is 0 Å². The van der Waals surface area contributed by atoms with Gasteiger partial charge in [0.2, 0.25) is 0 Å². The zero-order valence-corrected chi connectivity index (χ0v) is 16.5. The summed E-state index contributed by atoms with van der Waals surface area (Å²) in [6.45, 7) is 8.45. The monoisotopic (exact) mass is 382 g/mol. The number of hydrogen-bond acceptors (Lipinski definition) is 7. The van der Waals surface area contributed by atoms with Gasteiger partial charge in [0.05, 0.1) is 18.7 Å². The van der Waals surface area contributed by atoms with Crippen LogP contribution in [0.2, 0.25) is 0 Å². The van der Waals surface area contributed by atoms with Crippen LogP contribution in [-0.4, -0.2) is 47.3 Å². The fourth-order valence-corrected chi connectivity index (χ4v) is 3.74. The van der Waals surface area contributed by atoms with Crippen molar-refractivity contribution in [3.8, 4) is 0 Å². The Balaban J connectivity index is 2.30. The van der Waals surface area contributed by atoms with Gasteiger partial charge >= 0.3 is 12.1 Å². The van der Waals surface area contributed by atoms with Crippen molar-refractivity contribution in [1.29, 1.82) is 0 Å². The van der Waals surface area contributed by atoms with Crippen molar-refractivity contribution in [1.82, 2.24) is 4.90 Å². The van der Waals surface area contributed by atoms with Gasteiger partial charge in [-0.25, -0.2) is 14.6 Å². The van der Waals surface area contributed by atoms with Crippen molar-refractivity contribution in [2.24, 2.45) is 4.99 Å². The first-order valence-electron chi connectivity index (χ1n) is 8.04. The third kappa shape index (κ3) is 4.85. The molecule has 1 aliphatic rings. The highest BCUT2D eigenvalue weighted by Gasteiger charge is 2.32. The van der Waals surface area contributed by atoms with Crippen LogP contribution in [0, 0.1) is 0 Å². The molecule has 0 radical (unpaired) electrons. The number of carbonyl (C=O) groups is 2. The van der Waals surface area contributed by atoms with Gasteiger partial charge in [-0.3, -0.25) is 0 Å². The zero-order chi connectivity index (χ0) is 18.6. The Kier molecular flexibility index (Phi) is 6.29. The van der Waals surface area contributed by atoms with E-state index in [-0.39, 0.29) is 12.1 Å². The Bertz CT molecular complexity index is 704. The van der Waals surface area contributed by atoms with E-state index >= 15 is 0 Å². The number of rotatable bonds is 4. The number of aliphatic imine (C=N–C) groups is 1. The van der Waals surface area contributed by atoms with Crippen molar-refractivity contribution in [2.45, 2.75) is 46.3 Å². The molecule has 0 N–H and O–H groups in total. The van der Waals surface area contributed by atoms with Gasteiger partial charge in [-0.1, -0.05) is 12.2 Å². The molecule has 25 heavy (non-hydrogen) atoms. The van der Waals surface area contributed by atoms with Crippen LogP contribution in [0.25, 0.3) is 0 Å². The fourth-order valence-electron chi connectivity index (χ4n) is 2.47. The maximum absolute atomic E-state index is 12.3. The molecular weight excluding hydrogens is 360 g/mol. The van der Waals surface area contributed by atoms with E-state index in [9.17, 15) is 9.59 Å². The second-order valence-corrected chi connectivity index (χ2v) is 7.83. The van der Waals surface area contributed by atoms with Crippen molar-refractivity contribution < 1.29 is 19.1 Å². The third-order valence-corrected chi connectivity index (χ3v) is 4.67. The van der Waals surface area contributed by atoms with Crippen LogP contribution in [0.3, 0.4) is 0 Å². The standard InChI is InChI=1S/C17H22N2O4S2/c1-5-22-15(20)13-11-6-8-19(16(21)23-17(2,3)4)10-12(11)25-14(13)18-7-9-24/h7,9H,5-6,8,10H2,1-4H3. The molecule has 0 aliphatic carbocycles. The number of fused-ring (bicyclic) bond motifs is 1. The molecule has 0 unspecified atom stereocenters. The number of carbonyl (C=O) groups excluding carboxylic acids is 2. The summed E-state index contributed by atoms with van der Waals surface area (Å²) in [5, 5.41) is 1.95. The van der Waals surface area contributed by atoms with Gasteiger partial charge in [0, 0.05) is 23.0 Å². The SMILES string of the molecule is CCOC(=O)c1c(N=CC=S)sc2c1CCN(C(=O)OC(C)(C)C)C2. The van der Waals surface area contributed by atoms with Crippen LogP contribution in [0.1, 0.15) is 48.5 Å². The van der Waals surface area contributed by atoms with Gasteiger partial charge in [0.25, 0.3) is 0 Å². The molecule has 0 atom stereocenters. The van der Waals surface area contributed by atoms with E-state index in [1.54, 1.807) is 11.8 Å². The minimum atomic E-state index is -0.544. The van der Waals surface area contributed by atoms with E-state index in [1.807, 2.05) is 20.8 Å². The molecule has 1 aromatic rings. The van der Waals surface area contributed by atoms with E-state index < -0.39 is 5.60 Å². The number of thiophene rings is 1. The lowest BCUT2D eigenvalue weighted by molar-refractivity contribution is 0.0226. The number of hydrogen-bond donors (Lipinski definition) is 0. The predicted octanol–water partition coefficient (Wildman–Crippen LogP) is 3.92. The largest absolute Gasteiger partial charge is 0.462 e. The first kappa shape index (κ1) is 19.5. The van der Waals surface area contributed by atoms with Crippen LogP contribution in [0.15, 0.2) is 4.99 Å². The lowest BCUT2D eigenvalue weighted by atomic mass is 10.0. The van der Waals surface area contributed by atoms with Gasteiger partial charge in [-0.05, 0) is 39.7 Å². The Morgan fingerprint density at radius 2 is 2.12 bits per heavy atom. The average Bonchev–Trinajstić information content (AvgIpc) is 2.88. The molecule has 0 saturated carbocycles. The minimum absolute atomic E-state index is 0.295. The molecule has 0 fully saturated rings. The van der Waals surface area contributed by atoms with Crippen molar-refractivity contribution in [2.75, 3.05) is 13.2 Å². The first-order valence-corrected chi connectivity index (χ1v) is 9.33. The second kappa shape index (κ2) is 8.05. The highest BCUT2D eigenvalue weighted by Crippen LogP contribution is 2.39. The summed E-state index contributed by atoms with van der Waals surface area (Å²) in [4.78, 5) is 31.5. The minimum Gasteiger partial charge on any atom is -0.462 e. The molecule has 0 aromatic carbocycles. The summed E-state index contributed by atoms with van der Waals surface area (Å²) in [5.74, 6) is -0.387.